The van der Waals surface area contributed by atoms with Crippen LogP contribution in [0.4, 0.5) is 5.69 Å². The average Bonchev–Trinajstić information content (AvgIpc) is 2.63. The quantitative estimate of drug-likeness (QED) is 0.759. The third kappa shape index (κ3) is 4.06. The highest BCUT2D eigenvalue weighted by Crippen LogP contribution is 2.22. The zero-order chi connectivity index (χ0) is 16.8. The standard InChI is InChI=1S/C20H19N3O/c21-19(13-15-5-2-1-3-6-15)20(24)23-18-8-4-7-17(14-18)16-9-11-22-12-10-16/h1-12,14,19H,13,21H2,(H,23,24)/t19-/m0/s1. The molecule has 3 rings (SSSR count). The van der Waals surface area contributed by atoms with Crippen molar-refractivity contribution in [1.29, 1.82) is 0 Å². The number of anilines is 1. The Labute approximate surface area is 141 Å². The molecule has 4 nitrogen and oxygen atoms in total. The van der Waals surface area contributed by atoms with Crippen LogP contribution in [-0.4, -0.2) is 16.9 Å². The van der Waals surface area contributed by atoms with E-state index in [1.807, 2.05) is 66.7 Å². The average molecular weight is 317 g/mol. The summed E-state index contributed by atoms with van der Waals surface area (Å²) in [6.45, 7) is 0. The van der Waals surface area contributed by atoms with Crippen molar-refractivity contribution in [3.63, 3.8) is 0 Å². The molecular weight excluding hydrogens is 298 g/mol. The highest BCUT2D eigenvalue weighted by Gasteiger charge is 2.14. The molecule has 1 aromatic heterocycles. The number of rotatable bonds is 5. The van der Waals surface area contributed by atoms with Gasteiger partial charge < -0.3 is 11.1 Å². The number of hydrogen-bond donors (Lipinski definition) is 2. The molecule has 0 bridgehead atoms. The summed E-state index contributed by atoms with van der Waals surface area (Å²) in [6, 6.07) is 20.7. The van der Waals surface area contributed by atoms with Gasteiger partial charge in [-0.15, -0.1) is 0 Å². The third-order valence-electron chi connectivity index (χ3n) is 3.78. The van der Waals surface area contributed by atoms with E-state index in [9.17, 15) is 4.79 Å². The normalized spacial score (nSPS) is 11.7. The first kappa shape index (κ1) is 15.9. The molecule has 3 aromatic rings. The fourth-order valence-electron chi connectivity index (χ4n) is 2.52. The van der Waals surface area contributed by atoms with E-state index in [4.69, 9.17) is 5.73 Å². The monoisotopic (exact) mass is 317 g/mol. The van der Waals surface area contributed by atoms with E-state index in [1.165, 1.54) is 0 Å². The van der Waals surface area contributed by atoms with Gasteiger partial charge in [-0.25, -0.2) is 0 Å². The van der Waals surface area contributed by atoms with E-state index in [0.717, 1.165) is 22.4 Å². The lowest BCUT2D eigenvalue weighted by atomic mass is 10.0. The van der Waals surface area contributed by atoms with Gasteiger partial charge >= 0.3 is 0 Å². The molecule has 0 fully saturated rings. The van der Waals surface area contributed by atoms with Gasteiger partial charge in [-0.05, 0) is 47.4 Å². The zero-order valence-corrected chi connectivity index (χ0v) is 13.2. The number of hydrogen-bond acceptors (Lipinski definition) is 3. The summed E-state index contributed by atoms with van der Waals surface area (Å²) in [5, 5.41) is 2.89. The zero-order valence-electron chi connectivity index (χ0n) is 13.2. The van der Waals surface area contributed by atoms with Crippen LogP contribution >= 0.6 is 0 Å². The highest BCUT2D eigenvalue weighted by molar-refractivity contribution is 5.95. The molecular formula is C20H19N3O. The second kappa shape index (κ2) is 7.53. The largest absolute Gasteiger partial charge is 0.325 e. The van der Waals surface area contributed by atoms with Crippen LogP contribution in [0.15, 0.2) is 79.1 Å². The van der Waals surface area contributed by atoms with Crippen molar-refractivity contribution in [2.75, 3.05) is 5.32 Å². The maximum absolute atomic E-state index is 12.3. The molecule has 0 spiro atoms. The van der Waals surface area contributed by atoms with Crippen molar-refractivity contribution < 1.29 is 4.79 Å². The van der Waals surface area contributed by atoms with Crippen LogP contribution in [0.5, 0.6) is 0 Å². The first-order valence-electron chi connectivity index (χ1n) is 7.83. The molecule has 0 aliphatic carbocycles. The van der Waals surface area contributed by atoms with Crippen LogP contribution in [-0.2, 0) is 11.2 Å². The predicted molar refractivity (Wildman–Crippen MR) is 96.4 cm³/mol. The lowest BCUT2D eigenvalue weighted by molar-refractivity contribution is -0.117. The fraction of sp³-hybridized carbons (Fsp3) is 0.100. The Kier molecular flexibility index (Phi) is 4.99. The lowest BCUT2D eigenvalue weighted by Crippen LogP contribution is -2.37. The molecule has 2 aromatic carbocycles. The minimum absolute atomic E-state index is 0.189. The van der Waals surface area contributed by atoms with Gasteiger partial charge in [-0.3, -0.25) is 9.78 Å². The second-order valence-electron chi connectivity index (χ2n) is 5.60. The number of nitrogens with zero attached hydrogens (tertiary/aromatic N) is 1. The molecule has 4 heteroatoms. The van der Waals surface area contributed by atoms with Crippen LogP contribution in [0.3, 0.4) is 0 Å². The van der Waals surface area contributed by atoms with Crippen molar-refractivity contribution in [2.24, 2.45) is 5.73 Å². The Bertz CT molecular complexity index is 803. The van der Waals surface area contributed by atoms with Crippen LogP contribution < -0.4 is 11.1 Å². The van der Waals surface area contributed by atoms with E-state index < -0.39 is 6.04 Å². The number of nitrogens with one attached hydrogen (secondary N) is 1. The Morgan fingerprint density at radius 3 is 2.46 bits per heavy atom. The predicted octanol–water partition coefficient (Wildman–Crippen LogP) is 3.26. The molecule has 0 unspecified atom stereocenters. The van der Waals surface area contributed by atoms with Gasteiger partial charge in [0.2, 0.25) is 5.91 Å². The van der Waals surface area contributed by atoms with Gasteiger partial charge in [0.15, 0.2) is 0 Å². The topological polar surface area (TPSA) is 68.0 Å². The molecule has 3 N–H and O–H groups in total. The van der Waals surface area contributed by atoms with Gasteiger partial charge in [0.05, 0.1) is 6.04 Å². The number of nitrogens with two attached hydrogens (primary N) is 1. The summed E-state index contributed by atoms with van der Waals surface area (Å²) < 4.78 is 0. The van der Waals surface area contributed by atoms with Crippen molar-refractivity contribution >= 4 is 11.6 Å². The summed E-state index contributed by atoms with van der Waals surface area (Å²) >= 11 is 0. The summed E-state index contributed by atoms with van der Waals surface area (Å²) in [5.74, 6) is -0.189. The number of aromatic nitrogens is 1. The Hall–Kier alpha value is -2.98. The van der Waals surface area contributed by atoms with E-state index in [2.05, 4.69) is 10.3 Å². The molecule has 0 saturated carbocycles. The van der Waals surface area contributed by atoms with Gasteiger partial charge in [0.1, 0.15) is 0 Å². The minimum Gasteiger partial charge on any atom is -0.325 e. The molecule has 0 radical (unpaired) electrons. The molecule has 1 atom stereocenters. The lowest BCUT2D eigenvalue weighted by Gasteiger charge is -2.13. The van der Waals surface area contributed by atoms with Crippen LogP contribution in [0.25, 0.3) is 11.1 Å². The summed E-state index contributed by atoms with van der Waals surface area (Å²) in [6.07, 6.45) is 4.00. The number of carbonyl (C=O) groups is 1. The fourth-order valence-corrected chi connectivity index (χ4v) is 2.52. The van der Waals surface area contributed by atoms with Crippen LogP contribution in [0, 0.1) is 0 Å². The van der Waals surface area contributed by atoms with Crippen molar-refractivity contribution in [1.82, 2.24) is 4.98 Å². The molecule has 1 heterocycles. The summed E-state index contributed by atoms with van der Waals surface area (Å²) in [7, 11) is 0. The van der Waals surface area contributed by atoms with Crippen LogP contribution in [0.2, 0.25) is 0 Å². The molecule has 0 aliphatic heterocycles. The maximum Gasteiger partial charge on any atom is 0.241 e. The highest BCUT2D eigenvalue weighted by atomic mass is 16.2. The number of benzene rings is 2. The first-order chi connectivity index (χ1) is 11.7. The second-order valence-corrected chi connectivity index (χ2v) is 5.60. The van der Waals surface area contributed by atoms with Crippen LogP contribution in [0.1, 0.15) is 5.56 Å². The first-order valence-corrected chi connectivity index (χ1v) is 7.83. The Balaban J connectivity index is 1.68. The number of amides is 1. The van der Waals surface area contributed by atoms with Crippen molar-refractivity contribution in [3.05, 3.63) is 84.7 Å². The van der Waals surface area contributed by atoms with Crippen molar-refractivity contribution in [2.45, 2.75) is 12.5 Å². The summed E-state index contributed by atoms with van der Waals surface area (Å²) in [5.41, 5.74) is 9.88. The molecule has 120 valence electrons. The van der Waals surface area contributed by atoms with E-state index in [0.29, 0.717) is 6.42 Å². The van der Waals surface area contributed by atoms with E-state index in [-0.39, 0.29) is 5.91 Å². The van der Waals surface area contributed by atoms with E-state index >= 15 is 0 Å². The molecule has 24 heavy (non-hydrogen) atoms. The molecule has 0 saturated heterocycles. The number of pyridine rings is 1. The van der Waals surface area contributed by atoms with Crippen molar-refractivity contribution in [3.8, 4) is 11.1 Å². The van der Waals surface area contributed by atoms with Gasteiger partial charge in [-0.1, -0.05) is 42.5 Å². The number of carbonyl (C=O) groups excluding carboxylic acids is 1. The summed E-state index contributed by atoms with van der Waals surface area (Å²) in [4.78, 5) is 16.3. The van der Waals surface area contributed by atoms with E-state index in [1.54, 1.807) is 12.4 Å². The van der Waals surface area contributed by atoms with Gasteiger partial charge in [0, 0.05) is 18.1 Å². The Morgan fingerprint density at radius 1 is 0.958 bits per heavy atom. The third-order valence-corrected chi connectivity index (χ3v) is 3.78. The SMILES string of the molecule is N[C@@H](Cc1ccccc1)C(=O)Nc1cccc(-c2ccncc2)c1. The molecule has 1 amide bonds. The van der Waals surface area contributed by atoms with Gasteiger partial charge in [0.25, 0.3) is 0 Å². The smallest absolute Gasteiger partial charge is 0.241 e. The maximum atomic E-state index is 12.3. The van der Waals surface area contributed by atoms with Gasteiger partial charge in [-0.2, -0.15) is 0 Å². The Morgan fingerprint density at radius 2 is 1.71 bits per heavy atom. The molecule has 0 aliphatic rings. The minimum atomic E-state index is -0.586.